The molecule has 6 rings (SSSR count). The number of aromatic nitrogens is 5. The molecule has 0 aliphatic heterocycles. The second kappa shape index (κ2) is 7.93. The lowest BCUT2D eigenvalue weighted by Gasteiger charge is -2.27. The average Bonchev–Trinajstić information content (AvgIpc) is 3.37. The van der Waals surface area contributed by atoms with E-state index in [0.29, 0.717) is 23.2 Å². The van der Waals surface area contributed by atoms with Crippen LogP contribution < -0.4 is 16.4 Å². The van der Waals surface area contributed by atoms with Crippen molar-refractivity contribution in [3.63, 3.8) is 0 Å². The molecule has 0 saturated heterocycles. The third-order valence-corrected chi connectivity index (χ3v) is 6.93. The number of nitrogen functional groups attached to an aromatic ring is 1. The Labute approximate surface area is 202 Å². The summed E-state index contributed by atoms with van der Waals surface area (Å²) < 4.78 is 46.8. The Morgan fingerprint density at radius 2 is 1.97 bits per heavy atom. The van der Waals surface area contributed by atoms with Gasteiger partial charge < -0.3 is 20.1 Å². The molecule has 13 heteroatoms. The lowest BCUT2D eigenvalue weighted by Crippen LogP contribution is -2.28. The van der Waals surface area contributed by atoms with E-state index in [1.807, 2.05) is 6.20 Å². The number of carbonyl (C=O) groups is 1. The lowest BCUT2D eigenvalue weighted by atomic mass is 9.93. The molecule has 0 unspecified atom stereocenters. The number of rotatable bonds is 5. The number of fused-ring (bicyclic) bond motifs is 1. The van der Waals surface area contributed by atoms with Crippen LogP contribution in [-0.4, -0.2) is 36.9 Å². The smallest absolute Gasteiger partial charge is 0.383 e. The third-order valence-electron chi connectivity index (χ3n) is 6.93. The van der Waals surface area contributed by atoms with Crippen LogP contribution in [0, 0.1) is 0 Å². The molecule has 4 aromatic heterocycles. The fourth-order valence-corrected chi connectivity index (χ4v) is 4.52. The van der Waals surface area contributed by atoms with E-state index >= 15 is 0 Å². The molecule has 2 aliphatic rings. The number of alkyl halides is 3. The Balaban J connectivity index is 1.18. The second-order valence-corrected chi connectivity index (χ2v) is 9.16. The minimum Gasteiger partial charge on any atom is -0.383 e. The van der Waals surface area contributed by atoms with Gasteiger partial charge in [-0.15, -0.1) is 0 Å². The summed E-state index contributed by atoms with van der Waals surface area (Å²) in [7, 11) is 0. The van der Waals surface area contributed by atoms with Crippen molar-refractivity contribution in [3.8, 4) is 11.3 Å². The molecule has 4 aromatic rings. The molecular weight excluding hydrogens is 477 g/mol. The van der Waals surface area contributed by atoms with Gasteiger partial charge in [0.2, 0.25) is 5.88 Å². The van der Waals surface area contributed by atoms with Crippen molar-refractivity contribution < 1.29 is 22.5 Å². The fraction of sp³-hybridized carbons (Fsp3) is 0.348. The molecule has 186 valence electrons. The fourth-order valence-electron chi connectivity index (χ4n) is 4.52. The van der Waals surface area contributed by atoms with Crippen LogP contribution in [0.5, 0.6) is 0 Å². The molecule has 0 spiro atoms. The van der Waals surface area contributed by atoms with Crippen LogP contribution >= 0.6 is 0 Å². The molecular formula is C23H21F3N8O2. The van der Waals surface area contributed by atoms with Crippen molar-refractivity contribution in [2.24, 2.45) is 0 Å². The van der Waals surface area contributed by atoms with Gasteiger partial charge in [-0.2, -0.15) is 13.2 Å². The molecule has 0 aromatic carbocycles. The number of nitrogens with zero attached hydrogens (tertiary/aromatic N) is 5. The van der Waals surface area contributed by atoms with E-state index in [-0.39, 0.29) is 24.4 Å². The zero-order valence-corrected chi connectivity index (χ0v) is 18.8. The van der Waals surface area contributed by atoms with Gasteiger partial charge in [0.05, 0.1) is 23.0 Å². The number of hydrogen-bond donors (Lipinski definition) is 3. The summed E-state index contributed by atoms with van der Waals surface area (Å²) in [6, 6.07) is 4.15. The van der Waals surface area contributed by atoms with Crippen LogP contribution in [0.15, 0.2) is 41.4 Å². The third kappa shape index (κ3) is 3.62. The lowest BCUT2D eigenvalue weighted by molar-refractivity contribution is -0.161. The van der Waals surface area contributed by atoms with E-state index in [1.54, 1.807) is 12.1 Å². The van der Waals surface area contributed by atoms with Gasteiger partial charge in [-0.25, -0.2) is 14.8 Å². The molecule has 2 amide bonds. The van der Waals surface area contributed by atoms with Gasteiger partial charge in [-0.3, -0.25) is 10.3 Å². The standard InChI is InChI=1S/C23H21F3N8O2/c24-23(25,26)22(6-7-22)16-8-17(36-33-16)32-21(35)31-12-4-5-15(28-9-12)14-10-34(13-2-1-3-13)20-18(14)19(27)29-11-30-20/h4-5,8-11,13H,1-3,6-7H2,(H2,27,29,30)(H2,31,32,35). The molecule has 10 nitrogen and oxygen atoms in total. The first-order valence-electron chi connectivity index (χ1n) is 11.4. The summed E-state index contributed by atoms with van der Waals surface area (Å²) in [5, 5.41) is 9.17. The highest BCUT2D eigenvalue weighted by Crippen LogP contribution is 2.58. The Morgan fingerprint density at radius 1 is 1.17 bits per heavy atom. The predicted octanol–water partition coefficient (Wildman–Crippen LogP) is 5.03. The Morgan fingerprint density at radius 3 is 2.61 bits per heavy atom. The SMILES string of the molecule is Nc1ncnc2c1c(-c1ccc(NC(=O)Nc3cc(C4(C(F)(F)F)CC4)no3)cn1)cn2C1CCC1. The van der Waals surface area contributed by atoms with E-state index in [4.69, 9.17) is 10.3 Å². The number of hydrogen-bond acceptors (Lipinski definition) is 7. The summed E-state index contributed by atoms with van der Waals surface area (Å²) >= 11 is 0. The van der Waals surface area contributed by atoms with E-state index in [1.165, 1.54) is 18.9 Å². The number of amides is 2. The minimum absolute atomic E-state index is 0.0518. The van der Waals surface area contributed by atoms with Crippen molar-refractivity contribution >= 4 is 34.5 Å². The van der Waals surface area contributed by atoms with Crippen LogP contribution in [-0.2, 0) is 5.41 Å². The van der Waals surface area contributed by atoms with Crippen molar-refractivity contribution in [2.45, 2.75) is 49.7 Å². The summed E-state index contributed by atoms with van der Waals surface area (Å²) in [6.07, 6.45) is 3.68. The summed E-state index contributed by atoms with van der Waals surface area (Å²) in [4.78, 5) is 25.4. The number of halogens is 3. The van der Waals surface area contributed by atoms with E-state index in [2.05, 4.69) is 35.3 Å². The van der Waals surface area contributed by atoms with Crippen LogP contribution in [0.3, 0.4) is 0 Å². The molecule has 0 bridgehead atoms. The maximum Gasteiger partial charge on any atom is 0.400 e. The van der Waals surface area contributed by atoms with E-state index in [0.717, 1.165) is 35.5 Å². The minimum atomic E-state index is -4.42. The quantitative estimate of drug-likeness (QED) is 0.351. The van der Waals surface area contributed by atoms with Gasteiger partial charge in [0.25, 0.3) is 0 Å². The van der Waals surface area contributed by atoms with Gasteiger partial charge in [-0.05, 0) is 44.2 Å². The summed E-state index contributed by atoms with van der Waals surface area (Å²) in [6.45, 7) is 0. The first-order chi connectivity index (χ1) is 17.2. The normalized spacial score (nSPS) is 17.1. The summed E-state index contributed by atoms with van der Waals surface area (Å²) in [5.74, 6) is 0.184. The molecule has 2 saturated carbocycles. The largest absolute Gasteiger partial charge is 0.400 e. The molecule has 4 N–H and O–H groups in total. The summed E-state index contributed by atoms with van der Waals surface area (Å²) in [5.41, 5.74) is 6.49. The topological polar surface area (TPSA) is 137 Å². The average molecular weight is 498 g/mol. The number of nitrogens with two attached hydrogens (primary N) is 1. The number of anilines is 3. The highest BCUT2D eigenvalue weighted by Gasteiger charge is 2.66. The monoisotopic (exact) mass is 498 g/mol. The van der Waals surface area contributed by atoms with Crippen molar-refractivity contribution in [1.82, 2.24) is 24.7 Å². The van der Waals surface area contributed by atoms with Crippen LogP contribution in [0.25, 0.3) is 22.3 Å². The number of urea groups is 1. The highest BCUT2D eigenvalue weighted by atomic mass is 19.4. The maximum absolute atomic E-state index is 13.3. The predicted molar refractivity (Wildman–Crippen MR) is 124 cm³/mol. The molecule has 2 aliphatic carbocycles. The number of pyridine rings is 1. The van der Waals surface area contributed by atoms with Gasteiger partial charge >= 0.3 is 12.2 Å². The Hall–Kier alpha value is -4.16. The van der Waals surface area contributed by atoms with Crippen LogP contribution in [0.4, 0.5) is 35.4 Å². The van der Waals surface area contributed by atoms with Crippen LogP contribution in [0.1, 0.15) is 43.8 Å². The number of nitrogens with one attached hydrogen (secondary N) is 2. The molecule has 4 heterocycles. The van der Waals surface area contributed by atoms with E-state index < -0.39 is 17.6 Å². The molecule has 2 fully saturated rings. The van der Waals surface area contributed by atoms with Gasteiger partial charge in [0.15, 0.2) is 0 Å². The Kier molecular flexibility index (Phi) is 4.92. The molecule has 0 radical (unpaired) electrons. The van der Waals surface area contributed by atoms with Crippen molar-refractivity contribution in [2.75, 3.05) is 16.4 Å². The van der Waals surface area contributed by atoms with E-state index in [9.17, 15) is 18.0 Å². The maximum atomic E-state index is 13.3. The highest BCUT2D eigenvalue weighted by molar-refractivity contribution is 6.01. The molecule has 0 atom stereocenters. The first kappa shape index (κ1) is 22.3. The first-order valence-corrected chi connectivity index (χ1v) is 11.4. The van der Waals surface area contributed by atoms with Crippen molar-refractivity contribution in [1.29, 1.82) is 0 Å². The zero-order valence-electron chi connectivity index (χ0n) is 18.8. The van der Waals surface area contributed by atoms with Gasteiger partial charge in [0, 0.05) is 23.9 Å². The second-order valence-electron chi connectivity index (χ2n) is 9.16. The Bertz CT molecular complexity index is 1450. The van der Waals surface area contributed by atoms with Gasteiger partial charge in [0.1, 0.15) is 28.9 Å². The van der Waals surface area contributed by atoms with Crippen molar-refractivity contribution in [3.05, 3.63) is 42.6 Å². The number of carbonyl (C=O) groups excluding carboxylic acids is 1. The van der Waals surface area contributed by atoms with Gasteiger partial charge in [-0.1, -0.05) is 5.16 Å². The zero-order chi connectivity index (χ0) is 25.1. The molecule has 36 heavy (non-hydrogen) atoms. The van der Waals surface area contributed by atoms with Crippen LogP contribution in [0.2, 0.25) is 0 Å².